The van der Waals surface area contributed by atoms with Gasteiger partial charge in [0.25, 0.3) is 5.91 Å². The Balaban J connectivity index is 1.87. The summed E-state index contributed by atoms with van der Waals surface area (Å²) in [6.45, 7) is -0.637. The van der Waals surface area contributed by atoms with Crippen LogP contribution in [0.5, 0.6) is 11.5 Å². The second kappa shape index (κ2) is 10.1. The summed E-state index contributed by atoms with van der Waals surface area (Å²) in [4.78, 5) is 49.2. The molecule has 33 heavy (non-hydrogen) atoms. The topological polar surface area (TPSA) is 134 Å². The van der Waals surface area contributed by atoms with Crippen LogP contribution >= 0.6 is 11.6 Å². The summed E-state index contributed by atoms with van der Waals surface area (Å²) in [6.07, 6.45) is 1.34. The van der Waals surface area contributed by atoms with Crippen LogP contribution in [0.3, 0.4) is 0 Å². The molecular formula is C21H19ClN2O9. The van der Waals surface area contributed by atoms with Crippen molar-refractivity contribution in [2.45, 2.75) is 6.54 Å². The van der Waals surface area contributed by atoms with E-state index in [9.17, 15) is 19.2 Å². The van der Waals surface area contributed by atoms with Crippen molar-refractivity contribution in [1.82, 2.24) is 10.2 Å². The van der Waals surface area contributed by atoms with Gasteiger partial charge in [0.05, 0.1) is 27.9 Å². The van der Waals surface area contributed by atoms with Crippen molar-refractivity contribution in [1.29, 1.82) is 0 Å². The number of halogens is 1. The minimum absolute atomic E-state index is 0.0614. The van der Waals surface area contributed by atoms with Gasteiger partial charge in [0.2, 0.25) is 5.76 Å². The van der Waals surface area contributed by atoms with Gasteiger partial charge in [0, 0.05) is 16.7 Å². The number of carbonyl (C=O) groups is 4. The molecule has 1 aromatic carbocycles. The highest BCUT2D eigenvalue weighted by atomic mass is 35.5. The number of hydrogen-bond donors (Lipinski definition) is 1. The van der Waals surface area contributed by atoms with E-state index in [0.717, 1.165) is 4.90 Å². The predicted molar refractivity (Wildman–Crippen MR) is 113 cm³/mol. The number of nitrogens with zero attached hydrogens (tertiary/aromatic N) is 1. The van der Waals surface area contributed by atoms with Crippen molar-refractivity contribution in [3.05, 3.63) is 52.1 Å². The molecule has 0 bridgehead atoms. The lowest BCUT2D eigenvalue weighted by molar-refractivity contribution is -0.143. The van der Waals surface area contributed by atoms with E-state index in [1.165, 1.54) is 51.7 Å². The maximum Gasteiger partial charge on any atom is 0.373 e. The zero-order valence-corrected chi connectivity index (χ0v) is 18.6. The van der Waals surface area contributed by atoms with Crippen LogP contribution in [0.15, 0.2) is 34.4 Å². The molecule has 1 aliphatic rings. The van der Waals surface area contributed by atoms with Gasteiger partial charge < -0.3 is 28.7 Å². The Kier molecular flexibility index (Phi) is 7.23. The molecule has 0 unspecified atom stereocenters. The number of nitrogens with one attached hydrogen (secondary N) is 1. The Hall–Kier alpha value is -3.99. The molecule has 0 aliphatic carbocycles. The van der Waals surface area contributed by atoms with E-state index >= 15 is 0 Å². The summed E-state index contributed by atoms with van der Waals surface area (Å²) >= 11 is 6.13. The number of furan rings is 1. The summed E-state index contributed by atoms with van der Waals surface area (Å²) in [5.74, 6) is -1.51. The maximum atomic E-state index is 12.8. The van der Waals surface area contributed by atoms with Gasteiger partial charge in [0.15, 0.2) is 18.1 Å². The average Bonchev–Trinajstić information content (AvgIpc) is 3.37. The molecule has 1 fully saturated rings. The third-order valence-corrected chi connectivity index (χ3v) is 4.67. The molecule has 1 saturated heterocycles. The Morgan fingerprint density at radius 2 is 1.91 bits per heavy atom. The van der Waals surface area contributed by atoms with E-state index in [0.29, 0.717) is 0 Å². The summed E-state index contributed by atoms with van der Waals surface area (Å²) in [5.41, 5.74) is 0.201. The number of benzene rings is 1. The van der Waals surface area contributed by atoms with Crippen molar-refractivity contribution in [3.8, 4) is 11.5 Å². The summed E-state index contributed by atoms with van der Waals surface area (Å²) in [6, 6.07) is 5.07. The SMILES string of the molecule is COC(=O)COc1c(C=C2NC(=O)N(Cc3ccc(C(=O)OC)o3)C2=O)cc(Cl)cc1OC. The molecule has 2 aromatic rings. The van der Waals surface area contributed by atoms with Crippen LogP contribution in [0.2, 0.25) is 5.02 Å². The Morgan fingerprint density at radius 1 is 1.15 bits per heavy atom. The number of esters is 2. The first-order valence-corrected chi connectivity index (χ1v) is 9.73. The number of urea groups is 1. The lowest BCUT2D eigenvalue weighted by Crippen LogP contribution is -2.30. The number of amides is 3. The van der Waals surface area contributed by atoms with Crippen LogP contribution in [-0.2, 0) is 25.6 Å². The molecule has 3 amide bonds. The number of imide groups is 1. The van der Waals surface area contributed by atoms with Crippen LogP contribution in [0, 0.1) is 0 Å². The fourth-order valence-corrected chi connectivity index (χ4v) is 3.11. The van der Waals surface area contributed by atoms with Gasteiger partial charge >= 0.3 is 18.0 Å². The maximum absolute atomic E-state index is 12.8. The van der Waals surface area contributed by atoms with Crippen LogP contribution in [0.25, 0.3) is 6.08 Å². The molecule has 11 nitrogen and oxygen atoms in total. The molecule has 174 valence electrons. The molecule has 0 spiro atoms. The zero-order valence-electron chi connectivity index (χ0n) is 17.8. The molecule has 1 aliphatic heterocycles. The number of carbonyl (C=O) groups excluding carboxylic acids is 4. The summed E-state index contributed by atoms with van der Waals surface area (Å²) in [5, 5.41) is 2.72. The average molecular weight is 479 g/mol. The number of hydrogen-bond acceptors (Lipinski definition) is 9. The standard InChI is InChI=1S/C21H19ClN2O9/c1-29-16-8-12(22)6-11(18(16)32-10-17(25)30-2)7-14-19(26)24(21(28)23-14)9-13-4-5-15(33-13)20(27)31-3/h4-8H,9-10H2,1-3H3,(H,23,28). The normalized spacial score (nSPS) is 14.3. The van der Waals surface area contributed by atoms with Crippen molar-refractivity contribution in [3.63, 3.8) is 0 Å². The zero-order chi connectivity index (χ0) is 24.1. The molecule has 12 heteroatoms. The molecule has 0 saturated carbocycles. The van der Waals surface area contributed by atoms with Crippen LogP contribution in [-0.4, -0.2) is 56.7 Å². The van der Waals surface area contributed by atoms with E-state index in [1.54, 1.807) is 0 Å². The van der Waals surface area contributed by atoms with Gasteiger partial charge in [-0.15, -0.1) is 0 Å². The van der Waals surface area contributed by atoms with E-state index in [2.05, 4.69) is 14.8 Å². The van der Waals surface area contributed by atoms with E-state index in [-0.39, 0.29) is 45.8 Å². The molecule has 0 atom stereocenters. The quantitative estimate of drug-likeness (QED) is 0.344. The highest BCUT2D eigenvalue weighted by Gasteiger charge is 2.35. The monoisotopic (exact) mass is 478 g/mol. The van der Waals surface area contributed by atoms with Crippen LogP contribution in [0.4, 0.5) is 4.79 Å². The first kappa shape index (κ1) is 23.7. The van der Waals surface area contributed by atoms with Crippen molar-refractivity contribution < 1.29 is 42.5 Å². The first-order valence-electron chi connectivity index (χ1n) is 9.36. The molecule has 3 rings (SSSR count). The fourth-order valence-electron chi connectivity index (χ4n) is 2.89. The third-order valence-electron chi connectivity index (χ3n) is 4.45. The third kappa shape index (κ3) is 5.26. The summed E-state index contributed by atoms with van der Waals surface area (Å²) < 4.78 is 25.2. The molecular weight excluding hydrogens is 460 g/mol. The Labute approximate surface area is 192 Å². The van der Waals surface area contributed by atoms with Gasteiger partial charge in [0.1, 0.15) is 11.5 Å². The molecule has 1 N–H and O–H groups in total. The van der Waals surface area contributed by atoms with Crippen molar-refractivity contribution >= 4 is 41.6 Å². The van der Waals surface area contributed by atoms with Crippen molar-refractivity contribution in [2.75, 3.05) is 27.9 Å². The smallest absolute Gasteiger partial charge is 0.373 e. The Morgan fingerprint density at radius 3 is 2.58 bits per heavy atom. The van der Waals surface area contributed by atoms with Crippen molar-refractivity contribution in [2.24, 2.45) is 0 Å². The van der Waals surface area contributed by atoms with E-state index in [1.807, 2.05) is 0 Å². The lowest BCUT2D eigenvalue weighted by Gasteiger charge is -2.14. The van der Waals surface area contributed by atoms with Gasteiger partial charge in [-0.1, -0.05) is 11.6 Å². The van der Waals surface area contributed by atoms with Crippen LogP contribution < -0.4 is 14.8 Å². The Bertz CT molecular complexity index is 1140. The summed E-state index contributed by atoms with van der Waals surface area (Å²) in [7, 11) is 3.79. The first-order chi connectivity index (χ1) is 15.8. The minimum atomic E-state index is -0.701. The molecule has 2 heterocycles. The van der Waals surface area contributed by atoms with E-state index in [4.69, 9.17) is 25.5 Å². The minimum Gasteiger partial charge on any atom is -0.493 e. The van der Waals surface area contributed by atoms with Gasteiger partial charge in [-0.05, 0) is 24.3 Å². The van der Waals surface area contributed by atoms with Gasteiger partial charge in [-0.25, -0.2) is 14.4 Å². The number of methoxy groups -OCH3 is 3. The largest absolute Gasteiger partial charge is 0.493 e. The predicted octanol–water partition coefficient (Wildman–Crippen LogP) is 2.37. The van der Waals surface area contributed by atoms with E-state index < -0.39 is 30.5 Å². The molecule has 1 aromatic heterocycles. The lowest BCUT2D eigenvalue weighted by atomic mass is 10.1. The highest BCUT2D eigenvalue weighted by molar-refractivity contribution is 6.31. The van der Waals surface area contributed by atoms with Gasteiger partial charge in [-0.2, -0.15) is 0 Å². The fraction of sp³-hybridized carbons (Fsp3) is 0.238. The van der Waals surface area contributed by atoms with Crippen LogP contribution in [0.1, 0.15) is 21.9 Å². The highest BCUT2D eigenvalue weighted by Crippen LogP contribution is 2.36. The van der Waals surface area contributed by atoms with Gasteiger partial charge in [-0.3, -0.25) is 9.69 Å². The second-order valence-electron chi connectivity index (χ2n) is 6.53. The number of rotatable bonds is 8. The second-order valence-corrected chi connectivity index (χ2v) is 6.96. The number of ether oxygens (including phenoxy) is 4. The molecule has 0 radical (unpaired) electrons.